The number of nitrogens with zero attached hydrogens (tertiary/aromatic N) is 1. The number of carbonyl (C=O) groups is 1. The first-order chi connectivity index (χ1) is 9.47. The molecule has 5 heteroatoms. The van der Waals surface area contributed by atoms with Gasteiger partial charge in [0.05, 0.1) is 6.54 Å². The quantitative estimate of drug-likeness (QED) is 0.880. The lowest BCUT2D eigenvalue weighted by Crippen LogP contribution is -2.15. The molecule has 0 aliphatic carbocycles. The molecule has 0 radical (unpaired) electrons. The van der Waals surface area contributed by atoms with Gasteiger partial charge in [0, 0.05) is 16.6 Å². The standard InChI is InChI=1S/C15H15NO3S/c1-10-11(2)20-15(19)16(10)9-13-5-3-4-12(8-13)6-7-14(17)18/h3-8H,9H2,1-2H3,(H,17,18). The average Bonchev–Trinajstić information content (AvgIpc) is 2.64. The van der Waals surface area contributed by atoms with Gasteiger partial charge in [0.15, 0.2) is 0 Å². The van der Waals surface area contributed by atoms with Crippen molar-refractivity contribution in [2.75, 3.05) is 0 Å². The van der Waals surface area contributed by atoms with Crippen LogP contribution in [0.25, 0.3) is 6.08 Å². The molecule has 20 heavy (non-hydrogen) atoms. The first-order valence-electron chi connectivity index (χ1n) is 6.14. The average molecular weight is 289 g/mol. The molecular weight excluding hydrogens is 274 g/mol. The van der Waals surface area contributed by atoms with Gasteiger partial charge in [-0.2, -0.15) is 0 Å². The van der Waals surface area contributed by atoms with Crippen LogP contribution < -0.4 is 4.87 Å². The van der Waals surface area contributed by atoms with E-state index < -0.39 is 5.97 Å². The van der Waals surface area contributed by atoms with Crippen LogP contribution >= 0.6 is 11.3 Å². The smallest absolute Gasteiger partial charge is 0.328 e. The fraction of sp³-hybridized carbons (Fsp3) is 0.200. The van der Waals surface area contributed by atoms with Crippen molar-refractivity contribution in [3.8, 4) is 0 Å². The fourth-order valence-electron chi connectivity index (χ4n) is 1.92. The molecule has 0 saturated heterocycles. The van der Waals surface area contributed by atoms with E-state index in [1.54, 1.807) is 10.6 Å². The zero-order chi connectivity index (χ0) is 14.7. The molecule has 2 rings (SSSR count). The summed E-state index contributed by atoms with van der Waals surface area (Å²) in [7, 11) is 0. The van der Waals surface area contributed by atoms with Crippen molar-refractivity contribution in [3.05, 3.63) is 61.7 Å². The minimum atomic E-state index is -0.976. The number of hydrogen-bond acceptors (Lipinski definition) is 3. The Morgan fingerprint density at radius 2 is 2.15 bits per heavy atom. The van der Waals surface area contributed by atoms with Crippen molar-refractivity contribution in [3.63, 3.8) is 0 Å². The molecule has 1 heterocycles. The number of carboxylic acid groups (broad SMARTS) is 1. The van der Waals surface area contributed by atoms with Crippen LogP contribution in [0.3, 0.4) is 0 Å². The maximum atomic E-state index is 11.9. The second-order valence-corrected chi connectivity index (χ2v) is 5.68. The summed E-state index contributed by atoms with van der Waals surface area (Å²) in [4.78, 5) is 23.4. The first kappa shape index (κ1) is 14.3. The van der Waals surface area contributed by atoms with Gasteiger partial charge in [0.25, 0.3) is 0 Å². The predicted molar refractivity (Wildman–Crippen MR) is 80.3 cm³/mol. The number of rotatable bonds is 4. The summed E-state index contributed by atoms with van der Waals surface area (Å²) in [5.74, 6) is -0.976. The first-order valence-corrected chi connectivity index (χ1v) is 6.96. The van der Waals surface area contributed by atoms with Crippen LogP contribution in [0.15, 0.2) is 35.1 Å². The van der Waals surface area contributed by atoms with Crippen molar-refractivity contribution in [2.45, 2.75) is 20.4 Å². The third-order valence-corrected chi connectivity index (χ3v) is 4.08. The summed E-state index contributed by atoms with van der Waals surface area (Å²) < 4.78 is 1.74. The summed E-state index contributed by atoms with van der Waals surface area (Å²) in [5.41, 5.74) is 2.76. The highest BCUT2D eigenvalue weighted by atomic mass is 32.1. The molecule has 0 aliphatic heterocycles. The Morgan fingerprint density at radius 3 is 2.75 bits per heavy atom. The second kappa shape index (κ2) is 5.88. The van der Waals surface area contributed by atoms with Crippen molar-refractivity contribution >= 4 is 23.4 Å². The number of aliphatic carboxylic acids is 1. The summed E-state index contributed by atoms with van der Waals surface area (Å²) in [6.07, 6.45) is 2.64. The molecule has 0 spiro atoms. The normalized spacial score (nSPS) is 11.1. The van der Waals surface area contributed by atoms with Gasteiger partial charge in [-0.3, -0.25) is 9.36 Å². The van der Waals surface area contributed by atoms with Crippen LogP contribution in [0.2, 0.25) is 0 Å². The van der Waals surface area contributed by atoms with Crippen LogP contribution in [0.4, 0.5) is 0 Å². The topological polar surface area (TPSA) is 59.3 Å². The maximum Gasteiger partial charge on any atom is 0.328 e. The Balaban J connectivity index is 2.28. The van der Waals surface area contributed by atoms with Crippen molar-refractivity contribution < 1.29 is 9.90 Å². The zero-order valence-corrected chi connectivity index (χ0v) is 12.1. The number of thiazole rings is 1. The molecule has 0 bridgehead atoms. The van der Waals surface area contributed by atoms with Gasteiger partial charge < -0.3 is 5.11 Å². The Bertz CT molecular complexity index is 725. The van der Waals surface area contributed by atoms with Gasteiger partial charge in [-0.15, -0.1) is 0 Å². The summed E-state index contributed by atoms with van der Waals surface area (Å²) in [6.45, 7) is 4.37. The maximum absolute atomic E-state index is 11.9. The van der Waals surface area contributed by atoms with Gasteiger partial charge in [-0.25, -0.2) is 4.79 Å². The van der Waals surface area contributed by atoms with E-state index >= 15 is 0 Å². The molecular formula is C15H15NO3S. The van der Waals surface area contributed by atoms with E-state index in [2.05, 4.69) is 0 Å². The highest BCUT2D eigenvalue weighted by Crippen LogP contribution is 2.13. The van der Waals surface area contributed by atoms with Gasteiger partial charge in [-0.05, 0) is 37.1 Å². The minimum absolute atomic E-state index is 0.0338. The molecule has 0 aliphatic rings. The Kier molecular flexibility index (Phi) is 4.20. The van der Waals surface area contributed by atoms with Crippen LogP contribution in [0, 0.1) is 13.8 Å². The lowest BCUT2D eigenvalue weighted by atomic mass is 10.1. The molecule has 0 amide bonds. The minimum Gasteiger partial charge on any atom is -0.478 e. The monoisotopic (exact) mass is 289 g/mol. The van der Waals surface area contributed by atoms with E-state index in [-0.39, 0.29) is 4.87 Å². The second-order valence-electron chi connectivity index (χ2n) is 4.51. The van der Waals surface area contributed by atoms with Crippen LogP contribution in [0.1, 0.15) is 21.7 Å². The Labute approximate surface area is 120 Å². The fourth-order valence-corrected chi connectivity index (χ4v) is 2.75. The SMILES string of the molecule is Cc1sc(=O)n(Cc2cccc(C=CC(=O)O)c2)c1C. The van der Waals surface area contributed by atoms with Gasteiger partial charge in [-0.1, -0.05) is 29.5 Å². The van der Waals surface area contributed by atoms with E-state index in [1.807, 2.05) is 38.1 Å². The van der Waals surface area contributed by atoms with E-state index in [0.29, 0.717) is 6.54 Å². The Morgan fingerprint density at radius 1 is 1.40 bits per heavy atom. The number of aromatic nitrogens is 1. The molecule has 0 saturated carbocycles. The van der Waals surface area contributed by atoms with Crippen LogP contribution in [-0.4, -0.2) is 15.6 Å². The lowest BCUT2D eigenvalue weighted by Gasteiger charge is -2.06. The van der Waals surface area contributed by atoms with Crippen molar-refractivity contribution in [2.24, 2.45) is 0 Å². The van der Waals surface area contributed by atoms with Crippen LogP contribution in [0.5, 0.6) is 0 Å². The van der Waals surface area contributed by atoms with Crippen LogP contribution in [-0.2, 0) is 11.3 Å². The molecule has 1 aromatic heterocycles. The molecule has 4 nitrogen and oxygen atoms in total. The highest BCUT2D eigenvalue weighted by molar-refractivity contribution is 7.09. The molecule has 2 aromatic rings. The number of benzene rings is 1. The number of carboxylic acids is 1. The largest absolute Gasteiger partial charge is 0.478 e. The highest BCUT2D eigenvalue weighted by Gasteiger charge is 2.07. The van der Waals surface area contributed by atoms with E-state index in [9.17, 15) is 9.59 Å². The summed E-state index contributed by atoms with van der Waals surface area (Å²) in [5, 5.41) is 8.62. The summed E-state index contributed by atoms with van der Waals surface area (Å²) >= 11 is 1.25. The van der Waals surface area contributed by atoms with E-state index in [1.165, 1.54) is 11.3 Å². The predicted octanol–water partition coefficient (Wildman–Crippen LogP) is 2.67. The third-order valence-electron chi connectivity index (χ3n) is 3.09. The van der Waals surface area contributed by atoms with Crippen molar-refractivity contribution in [1.82, 2.24) is 4.57 Å². The third kappa shape index (κ3) is 3.24. The van der Waals surface area contributed by atoms with Gasteiger partial charge in [0.1, 0.15) is 0 Å². The molecule has 104 valence electrons. The molecule has 1 aromatic carbocycles. The van der Waals surface area contributed by atoms with E-state index in [0.717, 1.165) is 27.8 Å². The van der Waals surface area contributed by atoms with E-state index in [4.69, 9.17) is 5.11 Å². The molecule has 1 N–H and O–H groups in total. The van der Waals surface area contributed by atoms with Gasteiger partial charge in [0.2, 0.25) is 0 Å². The molecule has 0 unspecified atom stereocenters. The summed E-state index contributed by atoms with van der Waals surface area (Å²) in [6, 6.07) is 7.50. The van der Waals surface area contributed by atoms with Gasteiger partial charge >= 0.3 is 10.8 Å². The zero-order valence-electron chi connectivity index (χ0n) is 11.3. The number of aryl methyl sites for hydroxylation is 1. The molecule has 0 atom stereocenters. The van der Waals surface area contributed by atoms with Crippen molar-refractivity contribution in [1.29, 1.82) is 0 Å². The molecule has 0 fully saturated rings. The number of hydrogen-bond donors (Lipinski definition) is 1. The Hall–Kier alpha value is -2.14. The lowest BCUT2D eigenvalue weighted by molar-refractivity contribution is -0.131.